The van der Waals surface area contributed by atoms with Crippen LogP contribution in [-0.2, 0) is 28.9 Å². The van der Waals surface area contributed by atoms with Crippen LogP contribution < -0.4 is 5.32 Å². The fourth-order valence-corrected chi connectivity index (χ4v) is 5.24. The number of anilines is 1. The highest BCUT2D eigenvalue weighted by molar-refractivity contribution is 7.99. The SMILES string of the molecule is N#Cc1c(NC(=O)CSc2nnnn2C[C@H]2CCCO2)sc2c1CCC2. The topological polar surface area (TPSA) is 106 Å². The van der Waals surface area contributed by atoms with Crippen molar-refractivity contribution in [3.8, 4) is 6.07 Å². The van der Waals surface area contributed by atoms with Crippen molar-refractivity contribution in [2.45, 2.75) is 49.9 Å². The molecular formula is C16H18N6O2S2. The average molecular weight is 390 g/mol. The van der Waals surface area contributed by atoms with Crippen LogP contribution in [0.2, 0.25) is 0 Å². The van der Waals surface area contributed by atoms with Crippen LogP contribution in [0, 0.1) is 11.3 Å². The lowest BCUT2D eigenvalue weighted by Gasteiger charge is -2.10. The third kappa shape index (κ3) is 3.60. The zero-order valence-corrected chi connectivity index (χ0v) is 15.7. The summed E-state index contributed by atoms with van der Waals surface area (Å²) in [5.74, 6) is 0.0392. The van der Waals surface area contributed by atoms with Crippen LogP contribution in [0.4, 0.5) is 5.00 Å². The molecule has 2 aromatic rings. The first-order chi connectivity index (χ1) is 12.7. The van der Waals surface area contributed by atoms with Crippen molar-refractivity contribution < 1.29 is 9.53 Å². The van der Waals surface area contributed by atoms with Gasteiger partial charge in [-0.3, -0.25) is 4.79 Å². The van der Waals surface area contributed by atoms with Gasteiger partial charge in [0.2, 0.25) is 11.1 Å². The van der Waals surface area contributed by atoms with Crippen molar-refractivity contribution in [3.63, 3.8) is 0 Å². The normalized spacial score (nSPS) is 18.7. The first-order valence-electron chi connectivity index (χ1n) is 8.59. The van der Waals surface area contributed by atoms with Gasteiger partial charge in [0, 0.05) is 11.5 Å². The van der Waals surface area contributed by atoms with E-state index in [2.05, 4.69) is 26.9 Å². The Kier molecular flexibility index (Phi) is 5.19. The van der Waals surface area contributed by atoms with E-state index in [1.165, 1.54) is 28.0 Å². The number of amides is 1. The van der Waals surface area contributed by atoms with Gasteiger partial charge in [0.1, 0.15) is 11.1 Å². The van der Waals surface area contributed by atoms with Gasteiger partial charge in [-0.2, -0.15) is 5.26 Å². The Morgan fingerprint density at radius 1 is 1.46 bits per heavy atom. The summed E-state index contributed by atoms with van der Waals surface area (Å²) in [7, 11) is 0. The van der Waals surface area contributed by atoms with E-state index in [0.717, 1.165) is 44.3 Å². The van der Waals surface area contributed by atoms with Gasteiger partial charge in [-0.25, -0.2) is 4.68 Å². The monoisotopic (exact) mass is 390 g/mol. The summed E-state index contributed by atoms with van der Waals surface area (Å²) in [4.78, 5) is 13.5. The van der Waals surface area contributed by atoms with Crippen LogP contribution in [-0.4, -0.2) is 44.6 Å². The summed E-state index contributed by atoms with van der Waals surface area (Å²) in [5, 5.41) is 25.2. The number of aromatic nitrogens is 4. The molecule has 0 bridgehead atoms. The average Bonchev–Trinajstić information content (AvgIpc) is 3.38. The molecule has 0 radical (unpaired) electrons. The Balaban J connectivity index is 1.35. The number of nitrogens with one attached hydrogen (secondary N) is 1. The number of ether oxygens (including phenoxy) is 1. The Morgan fingerprint density at radius 2 is 2.38 bits per heavy atom. The van der Waals surface area contributed by atoms with Crippen molar-refractivity contribution in [2.24, 2.45) is 0 Å². The van der Waals surface area contributed by atoms with E-state index < -0.39 is 0 Å². The maximum absolute atomic E-state index is 12.3. The van der Waals surface area contributed by atoms with E-state index in [1.54, 1.807) is 4.68 Å². The van der Waals surface area contributed by atoms with Gasteiger partial charge in [-0.1, -0.05) is 11.8 Å². The molecule has 1 N–H and O–H groups in total. The van der Waals surface area contributed by atoms with Crippen LogP contribution >= 0.6 is 23.1 Å². The number of aryl methyl sites for hydroxylation is 1. The second-order valence-corrected chi connectivity index (χ2v) is 8.34. The number of hydrogen-bond acceptors (Lipinski definition) is 8. The summed E-state index contributed by atoms with van der Waals surface area (Å²) in [6.07, 6.45) is 5.22. The molecule has 136 valence electrons. The van der Waals surface area contributed by atoms with Crippen molar-refractivity contribution in [2.75, 3.05) is 17.7 Å². The largest absolute Gasteiger partial charge is 0.376 e. The lowest BCUT2D eigenvalue weighted by Crippen LogP contribution is -2.18. The fraction of sp³-hybridized carbons (Fsp3) is 0.562. The van der Waals surface area contributed by atoms with Crippen LogP contribution in [0.3, 0.4) is 0 Å². The molecule has 0 aromatic carbocycles. The van der Waals surface area contributed by atoms with Gasteiger partial charge >= 0.3 is 0 Å². The van der Waals surface area contributed by atoms with E-state index >= 15 is 0 Å². The Morgan fingerprint density at radius 3 is 3.19 bits per heavy atom. The van der Waals surface area contributed by atoms with Crippen LogP contribution in [0.15, 0.2) is 5.16 Å². The van der Waals surface area contributed by atoms with E-state index in [-0.39, 0.29) is 17.8 Å². The summed E-state index contributed by atoms with van der Waals surface area (Å²) in [6, 6.07) is 2.24. The number of fused-ring (bicyclic) bond motifs is 1. The Hall–Kier alpha value is -1.96. The fourth-order valence-electron chi connectivity index (χ4n) is 3.30. The highest BCUT2D eigenvalue weighted by Gasteiger charge is 2.23. The number of carbonyl (C=O) groups is 1. The standard InChI is InChI=1S/C16H18N6O2S2/c17-7-12-11-4-1-5-13(11)26-15(12)18-14(23)9-25-16-19-20-21-22(16)8-10-3-2-6-24-10/h10H,1-6,8-9H2,(H,18,23)/t10-/m1/s1. The number of tetrazole rings is 1. The molecule has 10 heteroatoms. The number of thioether (sulfide) groups is 1. The predicted molar refractivity (Wildman–Crippen MR) is 97.2 cm³/mol. The Bertz CT molecular complexity index is 850. The zero-order chi connectivity index (χ0) is 17.9. The molecule has 2 aliphatic rings. The molecule has 1 fully saturated rings. The number of nitriles is 1. The van der Waals surface area contributed by atoms with Crippen LogP contribution in [0.25, 0.3) is 0 Å². The van der Waals surface area contributed by atoms with Gasteiger partial charge in [0.15, 0.2) is 0 Å². The molecule has 26 heavy (non-hydrogen) atoms. The first-order valence-corrected chi connectivity index (χ1v) is 10.4. The first kappa shape index (κ1) is 17.5. The lowest BCUT2D eigenvalue weighted by atomic mass is 10.1. The van der Waals surface area contributed by atoms with E-state index in [1.807, 2.05) is 0 Å². The molecule has 1 amide bonds. The second-order valence-electron chi connectivity index (χ2n) is 6.29. The third-order valence-electron chi connectivity index (χ3n) is 4.52. The molecule has 0 saturated carbocycles. The highest BCUT2D eigenvalue weighted by Crippen LogP contribution is 2.38. The van der Waals surface area contributed by atoms with E-state index in [4.69, 9.17) is 4.74 Å². The zero-order valence-electron chi connectivity index (χ0n) is 14.1. The molecule has 8 nitrogen and oxygen atoms in total. The number of carbonyl (C=O) groups excluding carboxylic acids is 1. The van der Waals surface area contributed by atoms with Crippen molar-refractivity contribution in [3.05, 3.63) is 16.0 Å². The van der Waals surface area contributed by atoms with E-state index in [9.17, 15) is 10.1 Å². The predicted octanol–water partition coefficient (Wildman–Crippen LogP) is 2.00. The minimum atomic E-state index is -0.155. The smallest absolute Gasteiger partial charge is 0.235 e. The summed E-state index contributed by atoms with van der Waals surface area (Å²) >= 11 is 2.81. The number of rotatable bonds is 6. The molecule has 2 aromatic heterocycles. The molecule has 1 aliphatic carbocycles. The van der Waals surface area contributed by atoms with Gasteiger partial charge in [0.05, 0.1) is 24.0 Å². The summed E-state index contributed by atoms with van der Waals surface area (Å²) < 4.78 is 7.30. The summed E-state index contributed by atoms with van der Waals surface area (Å²) in [5.41, 5.74) is 1.74. The molecule has 3 heterocycles. The van der Waals surface area contributed by atoms with Crippen molar-refractivity contribution >= 4 is 34.0 Å². The molecule has 1 aliphatic heterocycles. The third-order valence-corrected chi connectivity index (χ3v) is 6.68. The minimum absolute atomic E-state index is 0.137. The molecule has 0 unspecified atom stereocenters. The lowest BCUT2D eigenvalue weighted by molar-refractivity contribution is -0.113. The molecular weight excluding hydrogens is 372 g/mol. The quantitative estimate of drug-likeness (QED) is 0.752. The van der Waals surface area contributed by atoms with Gasteiger partial charge < -0.3 is 10.1 Å². The molecule has 1 saturated heterocycles. The maximum atomic E-state index is 12.3. The number of nitrogens with zero attached hydrogens (tertiary/aromatic N) is 5. The van der Waals surface area contributed by atoms with Crippen molar-refractivity contribution in [1.29, 1.82) is 5.26 Å². The number of hydrogen-bond donors (Lipinski definition) is 1. The van der Waals surface area contributed by atoms with Crippen LogP contribution in [0.5, 0.6) is 0 Å². The molecule has 0 spiro atoms. The van der Waals surface area contributed by atoms with Gasteiger partial charge in [0.25, 0.3) is 0 Å². The molecule has 4 rings (SSSR count). The van der Waals surface area contributed by atoms with Gasteiger partial charge in [-0.05, 0) is 48.1 Å². The summed E-state index contributed by atoms with van der Waals surface area (Å²) in [6.45, 7) is 1.39. The van der Waals surface area contributed by atoms with Gasteiger partial charge in [-0.15, -0.1) is 16.4 Å². The Labute approximate surface area is 158 Å². The van der Waals surface area contributed by atoms with E-state index in [0.29, 0.717) is 22.3 Å². The minimum Gasteiger partial charge on any atom is -0.376 e. The number of thiophene rings is 1. The highest BCUT2D eigenvalue weighted by atomic mass is 32.2. The molecule has 1 atom stereocenters. The second kappa shape index (κ2) is 7.73. The van der Waals surface area contributed by atoms with Crippen LogP contribution in [0.1, 0.15) is 35.3 Å². The maximum Gasteiger partial charge on any atom is 0.235 e. The van der Waals surface area contributed by atoms with Crippen molar-refractivity contribution in [1.82, 2.24) is 20.2 Å².